The third-order valence-electron chi connectivity index (χ3n) is 3.15. The molecule has 0 saturated heterocycles. The van der Waals surface area contributed by atoms with E-state index in [9.17, 15) is 4.39 Å². The fourth-order valence-corrected chi connectivity index (χ4v) is 2.35. The molecular formula is C16H18FNO. The second-order valence-corrected chi connectivity index (χ2v) is 4.75. The Morgan fingerprint density at radius 2 is 1.74 bits per heavy atom. The number of hydrogen-bond acceptors (Lipinski definition) is 2. The topological polar surface area (TPSA) is 35.2 Å². The molecule has 0 aliphatic heterocycles. The van der Waals surface area contributed by atoms with Crippen molar-refractivity contribution in [1.29, 1.82) is 0 Å². The molecule has 0 aliphatic rings. The lowest BCUT2D eigenvalue weighted by Gasteiger charge is -2.18. The lowest BCUT2D eigenvalue weighted by molar-refractivity contribution is 0.402. The molecule has 2 rings (SSSR count). The van der Waals surface area contributed by atoms with Gasteiger partial charge in [-0.3, -0.25) is 0 Å². The smallest absolute Gasteiger partial charge is 0.132 e. The van der Waals surface area contributed by atoms with Crippen LogP contribution in [0.25, 0.3) is 0 Å². The van der Waals surface area contributed by atoms with E-state index in [1.807, 2.05) is 26.0 Å². The van der Waals surface area contributed by atoms with Crippen molar-refractivity contribution in [2.75, 3.05) is 7.11 Å². The van der Waals surface area contributed by atoms with Crippen molar-refractivity contribution >= 4 is 0 Å². The van der Waals surface area contributed by atoms with Crippen LogP contribution in [0.1, 0.15) is 28.3 Å². The van der Waals surface area contributed by atoms with Gasteiger partial charge in [0.05, 0.1) is 18.7 Å². The molecule has 3 heteroatoms. The summed E-state index contributed by atoms with van der Waals surface area (Å²) in [5.41, 5.74) is 9.72. The normalized spacial score (nSPS) is 12.3. The van der Waals surface area contributed by atoms with E-state index < -0.39 is 6.04 Å². The van der Waals surface area contributed by atoms with E-state index in [0.717, 1.165) is 16.7 Å². The second kappa shape index (κ2) is 5.41. The maximum absolute atomic E-state index is 14.0. The standard InChI is InChI=1S/C16H18FNO/c1-10-7-11(2)9-12(8-10)16(18)15-13(17)5-4-6-14(15)19-3/h4-9,16H,18H2,1-3H3. The Bertz CT molecular complexity index is 575. The first-order valence-electron chi connectivity index (χ1n) is 6.19. The van der Waals surface area contributed by atoms with Crippen LogP contribution in [-0.4, -0.2) is 7.11 Å². The summed E-state index contributed by atoms with van der Waals surface area (Å²) in [5.74, 6) is 0.137. The Balaban J connectivity index is 2.52. The predicted molar refractivity (Wildman–Crippen MR) is 74.9 cm³/mol. The molecule has 1 atom stereocenters. The molecule has 0 spiro atoms. The van der Waals surface area contributed by atoms with Crippen LogP contribution < -0.4 is 10.5 Å². The van der Waals surface area contributed by atoms with Crippen LogP contribution in [0.5, 0.6) is 5.75 Å². The summed E-state index contributed by atoms with van der Waals surface area (Å²) in [6.45, 7) is 4.00. The second-order valence-electron chi connectivity index (χ2n) is 4.75. The molecule has 2 N–H and O–H groups in total. The molecule has 19 heavy (non-hydrogen) atoms. The minimum atomic E-state index is -0.533. The Labute approximate surface area is 113 Å². The Kier molecular flexibility index (Phi) is 3.86. The molecular weight excluding hydrogens is 241 g/mol. The number of aryl methyl sites for hydroxylation is 2. The maximum Gasteiger partial charge on any atom is 0.132 e. The number of halogens is 1. The highest BCUT2D eigenvalue weighted by atomic mass is 19.1. The molecule has 100 valence electrons. The van der Waals surface area contributed by atoms with Gasteiger partial charge in [-0.15, -0.1) is 0 Å². The fraction of sp³-hybridized carbons (Fsp3) is 0.250. The maximum atomic E-state index is 14.0. The van der Waals surface area contributed by atoms with Gasteiger partial charge in [-0.1, -0.05) is 35.4 Å². The highest BCUT2D eigenvalue weighted by Gasteiger charge is 2.18. The summed E-state index contributed by atoms with van der Waals surface area (Å²) in [6, 6.07) is 10.2. The predicted octanol–water partition coefficient (Wildman–Crippen LogP) is 3.50. The van der Waals surface area contributed by atoms with Gasteiger partial charge < -0.3 is 10.5 Å². The summed E-state index contributed by atoms with van der Waals surface area (Å²) >= 11 is 0. The van der Waals surface area contributed by atoms with Crippen molar-refractivity contribution in [3.63, 3.8) is 0 Å². The minimum Gasteiger partial charge on any atom is -0.496 e. The molecule has 0 heterocycles. The van der Waals surface area contributed by atoms with E-state index in [4.69, 9.17) is 10.5 Å². The van der Waals surface area contributed by atoms with Crippen LogP contribution in [0, 0.1) is 19.7 Å². The Morgan fingerprint density at radius 3 is 2.32 bits per heavy atom. The zero-order valence-corrected chi connectivity index (χ0v) is 11.4. The van der Waals surface area contributed by atoms with E-state index in [1.165, 1.54) is 13.2 Å². The molecule has 0 saturated carbocycles. The molecule has 0 amide bonds. The molecule has 2 aromatic rings. The van der Waals surface area contributed by atoms with Crippen LogP contribution in [0.2, 0.25) is 0 Å². The Hall–Kier alpha value is -1.87. The van der Waals surface area contributed by atoms with Crippen LogP contribution in [-0.2, 0) is 0 Å². The average molecular weight is 259 g/mol. The van der Waals surface area contributed by atoms with E-state index in [1.54, 1.807) is 12.1 Å². The molecule has 2 aromatic carbocycles. The van der Waals surface area contributed by atoms with Gasteiger partial charge in [-0.05, 0) is 31.5 Å². The lowest BCUT2D eigenvalue weighted by Crippen LogP contribution is -2.15. The van der Waals surface area contributed by atoms with E-state index in [2.05, 4.69) is 6.07 Å². The summed E-state index contributed by atoms with van der Waals surface area (Å²) in [5, 5.41) is 0. The third-order valence-corrected chi connectivity index (χ3v) is 3.15. The van der Waals surface area contributed by atoms with Crippen molar-refractivity contribution in [3.05, 3.63) is 64.5 Å². The van der Waals surface area contributed by atoms with Crippen LogP contribution >= 0.6 is 0 Å². The molecule has 2 nitrogen and oxygen atoms in total. The van der Waals surface area contributed by atoms with Gasteiger partial charge in [0.1, 0.15) is 11.6 Å². The van der Waals surface area contributed by atoms with E-state index in [-0.39, 0.29) is 5.82 Å². The van der Waals surface area contributed by atoms with Crippen LogP contribution in [0.15, 0.2) is 36.4 Å². The van der Waals surface area contributed by atoms with Crippen molar-refractivity contribution in [1.82, 2.24) is 0 Å². The van der Waals surface area contributed by atoms with Gasteiger partial charge in [-0.2, -0.15) is 0 Å². The average Bonchev–Trinajstić information content (AvgIpc) is 2.36. The van der Waals surface area contributed by atoms with Crippen LogP contribution in [0.4, 0.5) is 4.39 Å². The number of hydrogen-bond donors (Lipinski definition) is 1. The number of benzene rings is 2. The summed E-state index contributed by atoms with van der Waals surface area (Å²) in [7, 11) is 1.52. The zero-order chi connectivity index (χ0) is 14.0. The largest absolute Gasteiger partial charge is 0.496 e. The minimum absolute atomic E-state index is 0.342. The van der Waals surface area contributed by atoms with Gasteiger partial charge in [-0.25, -0.2) is 4.39 Å². The Morgan fingerprint density at radius 1 is 1.11 bits per heavy atom. The molecule has 0 bridgehead atoms. The SMILES string of the molecule is COc1cccc(F)c1C(N)c1cc(C)cc(C)c1. The number of rotatable bonds is 3. The van der Waals surface area contributed by atoms with E-state index in [0.29, 0.717) is 11.3 Å². The first-order chi connectivity index (χ1) is 9.02. The molecule has 0 aromatic heterocycles. The van der Waals surface area contributed by atoms with Gasteiger partial charge >= 0.3 is 0 Å². The van der Waals surface area contributed by atoms with Gasteiger partial charge in [0.15, 0.2) is 0 Å². The number of ether oxygens (including phenoxy) is 1. The summed E-state index contributed by atoms with van der Waals surface area (Å²) in [6.07, 6.45) is 0. The van der Waals surface area contributed by atoms with Gasteiger partial charge in [0.25, 0.3) is 0 Å². The van der Waals surface area contributed by atoms with Gasteiger partial charge in [0, 0.05) is 0 Å². The quantitative estimate of drug-likeness (QED) is 0.915. The first-order valence-corrected chi connectivity index (χ1v) is 6.19. The van der Waals surface area contributed by atoms with Crippen molar-refractivity contribution in [2.24, 2.45) is 5.73 Å². The third kappa shape index (κ3) is 2.76. The van der Waals surface area contributed by atoms with Crippen LogP contribution in [0.3, 0.4) is 0 Å². The number of nitrogens with two attached hydrogens (primary N) is 1. The molecule has 0 fully saturated rings. The van der Waals surface area contributed by atoms with Crippen molar-refractivity contribution in [3.8, 4) is 5.75 Å². The summed E-state index contributed by atoms with van der Waals surface area (Å²) < 4.78 is 19.2. The zero-order valence-electron chi connectivity index (χ0n) is 11.4. The lowest BCUT2D eigenvalue weighted by atomic mass is 9.95. The van der Waals surface area contributed by atoms with Crippen molar-refractivity contribution in [2.45, 2.75) is 19.9 Å². The van der Waals surface area contributed by atoms with Gasteiger partial charge in [0.2, 0.25) is 0 Å². The number of methoxy groups -OCH3 is 1. The molecule has 0 aliphatic carbocycles. The summed E-state index contributed by atoms with van der Waals surface area (Å²) in [4.78, 5) is 0. The molecule has 1 unspecified atom stereocenters. The highest BCUT2D eigenvalue weighted by molar-refractivity contribution is 5.44. The highest BCUT2D eigenvalue weighted by Crippen LogP contribution is 2.31. The molecule has 0 radical (unpaired) electrons. The van der Waals surface area contributed by atoms with E-state index >= 15 is 0 Å². The van der Waals surface area contributed by atoms with Crippen molar-refractivity contribution < 1.29 is 9.13 Å². The fourth-order valence-electron chi connectivity index (χ4n) is 2.35. The first kappa shape index (κ1) is 13.6. The monoisotopic (exact) mass is 259 g/mol.